The number of hydrogen-bond acceptors (Lipinski definition) is 4. The number of pyridine rings is 1. The van der Waals surface area contributed by atoms with Crippen molar-refractivity contribution in [3.8, 4) is 0 Å². The Kier molecular flexibility index (Phi) is 4.90. The molecular weight excluding hydrogens is 334 g/mol. The molecule has 3 rings (SSSR count). The molecule has 126 valence electrons. The third-order valence-corrected chi connectivity index (χ3v) is 5.06. The number of hydrogen-bond donors (Lipinski definition) is 2. The fourth-order valence-electron chi connectivity index (χ4n) is 2.57. The van der Waals surface area contributed by atoms with Crippen LogP contribution in [0.5, 0.6) is 0 Å². The van der Waals surface area contributed by atoms with Crippen LogP contribution in [0.4, 0.5) is 5.00 Å². The molecule has 5 nitrogen and oxygen atoms in total. The highest BCUT2D eigenvalue weighted by Gasteiger charge is 2.21. The number of aromatic nitrogens is 1. The van der Waals surface area contributed by atoms with Gasteiger partial charge in [-0.3, -0.25) is 14.6 Å². The van der Waals surface area contributed by atoms with Gasteiger partial charge in [0.15, 0.2) is 0 Å². The Balaban J connectivity index is 1.92. The van der Waals surface area contributed by atoms with E-state index in [0.29, 0.717) is 22.5 Å². The predicted molar refractivity (Wildman–Crippen MR) is 99.0 cm³/mol. The number of primary amides is 1. The second kappa shape index (κ2) is 7.27. The molecule has 0 radical (unpaired) electrons. The fourth-order valence-corrected chi connectivity index (χ4v) is 3.81. The van der Waals surface area contributed by atoms with E-state index in [1.807, 2.05) is 37.3 Å². The summed E-state index contributed by atoms with van der Waals surface area (Å²) < 4.78 is 0. The molecule has 0 atom stereocenters. The lowest BCUT2D eigenvalue weighted by molar-refractivity contribution is 0.100. The predicted octanol–water partition coefficient (Wildman–Crippen LogP) is 3.39. The van der Waals surface area contributed by atoms with Crippen molar-refractivity contribution in [1.29, 1.82) is 0 Å². The standard InChI is InChI=1S/C19H17N3O2S/c1-12-15(10-13-6-3-2-4-7-13)25-19(16(12)17(20)23)22-18(24)14-8-5-9-21-11-14/h2-9,11H,10H2,1H3,(H2,20,23)(H,22,24). The number of nitrogens with zero attached hydrogens (tertiary/aromatic N) is 1. The maximum atomic E-state index is 12.4. The first-order valence-electron chi connectivity index (χ1n) is 7.73. The van der Waals surface area contributed by atoms with E-state index in [1.165, 1.54) is 17.5 Å². The Morgan fingerprint density at radius 1 is 1.16 bits per heavy atom. The molecule has 2 aromatic heterocycles. The van der Waals surface area contributed by atoms with Crippen LogP contribution in [0.25, 0.3) is 0 Å². The summed E-state index contributed by atoms with van der Waals surface area (Å²) in [4.78, 5) is 29.2. The SMILES string of the molecule is Cc1c(Cc2ccccc2)sc(NC(=O)c2cccnc2)c1C(N)=O. The zero-order valence-corrected chi connectivity index (χ0v) is 14.5. The van der Waals surface area contributed by atoms with E-state index >= 15 is 0 Å². The monoisotopic (exact) mass is 351 g/mol. The summed E-state index contributed by atoms with van der Waals surface area (Å²) in [6, 6.07) is 13.3. The Hall–Kier alpha value is -2.99. The van der Waals surface area contributed by atoms with Crippen LogP contribution >= 0.6 is 11.3 Å². The van der Waals surface area contributed by atoms with Gasteiger partial charge >= 0.3 is 0 Å². The van der Waals surface area contributed by atoms with Gasteiger partial charge in [0.1, 0.15) is 5.00 Å². The first-order valence-corrected chi connectivity index (χ1v) is 8.55. The van der Waals surface area contributed by atoms with Crippen molar-refractivity contribution < 1.29 is 9.59 Å². The highest BCUT2D eigenvalue weighted by Crippen LogP contribution is 2.34. The van der Waals surface area contributed by atoms with Crippen molar-refractivity contribution >= 4 is 28.2 Å². The van der Waals surface area contributed by atoms with Crippen molar-refractivity contribution in [3.63, 3.8) is 0 Å². The maximum absolute atomic E-state index is 12.4. The average Bonchev–Trinajstić information content (AvgIpc) is 2.92. The van der Waals surface area contributed by atoms with Crippen LogP contribution in [0.1, 0.15) is 36.7 Å². The van der Waals surface area contributed by atoms with Crippen LogP contribution in [-0.4, -0.2) is 16.8 Å². The first-order chi connectivity index (χ1) is 12.1. The minimum Gasteiger partial charge on any atom is -0.365 e. The molecule has 25 heavy (non-hydrogen) atoms. The summed E-state index contributed by atoms with van der Waals surface area (Å²) >= 11 is 1.38. The van der Waals surface area contributed by atoms with Gasteiger partial charge in [-0.05, 0) is 30.2 Å². The van der Waals surface area contributed by atoms with E-state index < -0.39 is 5.91 Å². The van der Waals surface area contributed by atoms with Crippen LogP contribution in [0.2, 0.25) is 0 Å². The number of benzene rings is 1. The number of carbonyl (C=O) groups is 2. The van der Waals surface area contributed by atoms with Crippen LogP contribution in [0.15, 0.2) is 54.9 Å². The molecule has 2 amide bonds. The molecule has 3 aromatic rings. The van der Waals surface area contributed by atoms with Gasteiger partial charge in [0.25, 0.3) is 11.8 Å². The summed E-state index contributed by atoms with van der Waals surface area (Å²) in [7, 11) is 0. The second-order valence-electron chi connectivity index (χ2n) is 5.58. The van der Waals surface area contributed by atoms with Gasteiger partial charge in [-0.1, -0.05) is 30.3 Å². The van der Waals surface area contributed by atoms with Crippen molar-refractivity contribution in [2.24, 2.45) is 5.73 Å². The largest absolute Gasteiger partial charge is 0.365 e. The third kappa shape index (κ3) is 3.75. The number of nitrogens with two attached hydrogens (primary N) is 1. The Morgan fingerprint density at radius 2 is 1.92 bits per heavy atom. The van der Waals surface area contributed by atoms with E-state index in [9.17, 15) is 9.59 Å². The minimum absolute atomic E-state index is 0.317. The Labute approximate surface area is 149 Å². The zero-order valence-electron chi connectivity index (χ0n) is 13.7. The van der Waals surface area contributed by atoms with Crippen molar-refractivity contribution in [3.05, 3.63) is 82.0 Å². The van der Waals surface area contributed by atoms with Gasteiger partial charge in [0, 0.05) is 23.7 Å². The normalized spacial score (nSPS) is 10.4. The molecule has 0 saturated heterocycles. The van der Waals surface area contributed by atoms with Gasteiger partial charge in [0.2, 0.25) is 0 Å². The van der Waals surface area contributed by atoms with Crippen LogP contribution < -0.4 is 11.1 Å². The lowest BCUT2D eigenvalue weighted by atomic mass is 10.1. The summed E-state index contributed by atoms with van der Waals surface area (Å²) in [5.74, 6) is -0.863. The Bertz CT molecular complexity index is 905. The van der Waals surface area contributed by atoms with E-state index in [-0.39, 0.29) is 5.91 Å². The number of amides is 2. The third-order valence-electron chi connectivity index (χ3n) is 3.85. The molecule has 0 spiro atoms. The summed E-state index contributed by atoms with van der Waals surface area (Å²) in [5, 5.41) is 3.27. The van der Waals surface area contributed by atoms with Gasteiger partial charge in [0.05, 0.1) is 11.1 Å². The molecule has 6 heteroatoms. The van der Waals surface area contributed by atoms with Crippen LogP contribution in [-0.2, 0) is 6.42 Å². The van der Waals surface area contributed by atoms with E-state index in [4.69, 9.17) is 5.73 Å². The fraction of sp³-hybridized carbons (Fsp3) is 0.105. The van der Waals surface area contributed by atoms with Crippen molar-refractivity contribution in [2.75, 3.05) is 5.32 Å². The van der Waals surface area contributed by atoms with Gasteiger partial charge in [-0.15, -0.1) is 11.3 Å². The lowest BCUT2D eigenvalue weighted by Crippen LogP contribution is -2.17. The summed E-state index contributed by atoms with van der Waals surface area (Å²) in [6.45, 7) is 1.86. The van der Waals surface area contributed by atoms with E-state index in [0.717, 1.165) is 16.0 Å². The highest BCUT2D eigenvalue weighted by molar-refractivity contribution is 7.17. The summed E-state index contributed by atoms with van der Waals surface area (Å²) in [6.07, 6.45) is 3.75. The topological polar surface area (TPSA) is 85.1 Å². The molecular formula is C19H17N3O2S. The number of thiophene rings is 1. The molecule has 0 unspecified atom stereocenters. The molecule has 2 heterocycles. The Morgan fingerprint density at radius 3 is 2.56 bits per heavy atom. The van der Waals surface area contributed by atoms with Crippen molar-refractivity contribution in [2.45, 2.75) is 13.3 Å². The highest BCUT2D eigenvalue weighted by atomic mass is 32.1. The molecule has 0 saturated carbocycles. The molecule has 0 fully saturated rings. The minimum atomic E-state index is -0.547. The molecule has 0 aliphatic carbocycles. The zero-order chi connectivity index (χ0) is 17.8. The smallest absolute Gasteiger partial charge is 0.257 e. The number of rotatable bonds is 5. The van der Waals surface area contributed by atoms with Gasteiger partial charge in [-0.2, -0.15) is 0 Å². The molecule has 1 aromatic carbocycles. The average molecular weight is 351 g/mol. The molecule has 0 aliphatic rings. The first kappa shape index (κ1) is 16.9. The number of carbonyl (C=O) groups excluding carboxylic acids is 2. The quantitative estimate of drug-likeness (QED) is 0.739. The van der Waals surface area contributed by atoms with Gasteiger partial charge in [-0.25, -0.2) is 0 Å². The van der Waals surface area contributed by atoms with Gasteiger partial charge < -0.3 is 11.1 Å². The van der Waals surface area contributed by atoms with Crippen LogP contribution in [0, 0.1) is 6.92 Å². The molecule has 0 bridgehead atoms. The molecule has 0 aliphatic heterocycles. The lowest BCUT2D eigenvalue weighted by Gasteiger charge is -2.04. The van der Waals surface area contributed by atoms with E-state index in [2.05, 4.69) is 10.3 Å². The maximum Gasteiger partial charge on any atom is 0.257 e. The number of anilines is 1. The van der Waals surface area contributed by atoms with Crippen LogP contribution in [0.3, 0.4) is 0 Å². The van der Waals surface area contributed by atoms with Crippen molar-refractivity contribution in [1.82, 2.24) is 4.98 Å². The number of nitrogens with one attached hydrogen (secondary N) is 1. The summed E-state index contributed by atoms with van der Waals surface area (Å²) in [5.41, 5.74) is 8.27. The second-order valence-corrected chi connectivity index (χ2v) is 6.68. The van der Waals surface area contributed by atoms with E-state index in [1.54, 1.807) is 18.3 Å². The molecule has 3 N–H and O–H groups in total.